The number of nitrogens with two attached hydrogens (primary N) is 1. The molecule has 0 atom stereocenters. The Morgan fingerprint density at radius 1 is 1.23 bits per heavy atom. The molecule has 0 aliphatic carbocycles. The summed E-state index contributed by atoms with van der Waals surface area (Å²) in [7, 11) is 0. The zero-order valence-corrected chi connectivity index (χ0v) is 15.0. The number of hydrogen-bond acceptors (Lipinski definition) is 5. The van der Waals surface area contributed by atoms with Crippen LogP contribution in [0.1, 0.15) is 41.8 Å². The predicted octanol–water partition coefficient (Wildman–Crippen LogP) is 2.56. The molecule has 22 heavy (non-hydrogen) atoms. The maximum atomic E-state index is 12.5. The van der Waals surface area contributed by atoms with Crippen molar-refractivity contribution in [1.29, 1.82) is 0 Å². The Balaban J connectivity index is 0.00000121. The maximum Gasteiger partial charge on any atom is 0.265 e. The number of aromatic nitrogens is 1. The van der Waals surface area contributed by atoms with Gasteiger partial charge >= 0.3 is 0 Å². The summed E-state index contributed by atoms with van der Waals surface area (Å²) in [6.07, 6.45) is 7.61. The Bertz CT molecular complexity index is 491. The van der Waals surface area contributed by atoms with E-state index in [1.165, 1.54) is 30.6 Å². The van der Waals surface area contributed by atoms with E-state index in [0.29, 0.717) is 15.4 Å². The third-order valence-corrected chi connectivity index (χ3v) is 5.55. The monoisotopic (exact) mass is 366 g/mol. The molecule has 3 heterocycles. The number of likely N-dealkylation sites (tertiary alicyclic amines) is 1. The lowest BCUT2D eigenvalue weighted by Crippen LogP contribution is -2.38. The normalized spacial score (nSPS) is 20.6. The maximum absolute atomic E-state index is 12.5. The number of thiazole rings is 1. The molecular weight excluding hydrogens is 343 g/mol. The fraction of sp³-hybridized carbons (Fsp3) is 0.714. The molecule has 1 aromatic heterocycles. The first kappa shape index (κ1) is 19.5. The van der Waals surface area contributed by atoms with Gasteiger partial charge in [-0.1, -0.05) is 11.3 Å². The van der Waals surface area contributed by atoms with Crippen LogP contribution < -0.4 is 11.1 Å². The van der Waals surface area contributed by atoms with Crippen molar-refractivity contribution >= 4 is 47.2 Å². The molecule has 2 aliphatic heterocycles. The molecular formula is C14H24Cl2N4OS. The number of amides is 1. The molecule has 3 N–H and O–H groups in total. The third-order valence-electron chi connectivity index (χ3n) is 4.73. The molecule has 1 spiro atoms. The topological polar surface area (TPSA) is 71.2 Å². The highest BCUT2D eigenvalue weighted by Crippen LogP contribution is 2.39. The summed E-state index contributed by atoms with van der Waals surface area (Å²) in [5.74, 6) is 0.102. The molecule has 0 saturated carbocycles. The van der Waals surface area contributed by atoms with Crippen LogP contribution >= 0.6 is 36.2 Å². The summed E-state index contributed by atoms with van der Waals surface area (Å²) in [5.41, 5.74) is 6.08. The van der Waals surface area contributed by atoms with E-state index in [2.05, 4.69) is 10.3 Å². The van der Waals surface area contributed by atoms with Crippen molar-refractivity contribution < 1.29 is 4.79 Å². The van der Waals surface area contributed by atoms with Gasteiger partial charge in [0.25, 0.3) is 5.91 Å². The van der Waals surface area contributed by atoms with Crippen LogP contribution in [-0.4, -0.2) is 42.0 Å². The second-order valence-corrected chi connectivity index (χ2v) is 7.02. The summed E-state index contributed by atoms with van der Waals surface area (Å²) >= 11 is 1.29. The van der Waals surface area contributed by atoms with E-state index >= 15 is 0 Å². The number of halogens is 2. The van der Waals surface area contributed by atoms with Crippen LogP contribution in [0.15, 0.2) is 6.20 Å². The number of carbonyl (C=O) groups excluding carboxylic acids is 1. The van der Waals surface area contributed by atoms with Crippen molar-refractivity contribution in [2.45, 2.75) is 32.1 Å². The van der Waals surface area contributed by atoms with Crippen LogP contribution in [0.2, 0.25) is 0 Å². The highest BCUT2D eigenvalue weighted by molar-refractivity contribution is 7.17. The molecule has 2 saturated heterocycles. The van der Waals surface area contributed by atoms with Gasteiger partial charge in [-0.3, -0.25) is 4.79 Å². The second-order valence-electron chi connectivity index (χ2n) is 5.96. The van der Waals surface area contributed by atoms with Gasteiger partial charge in [0.05, 0.1) is 6.20 Å². The largest absolute Gasteiger partial charge is 0.375 e. The first-order valence-corrected chi connectivity index (χ1v) is 8.22. The van der Waals surface area contributed by atoms with Gasteiger partial charge in [-0.25, -0.2) is 4.98 Å². The Morgan fingerprint density at radius 2 is 1.95 bits per heavy atom. The average molecular weight is 367 g/mol. The lowest BCUT2D eigenvalue weighted by atomic mass is 9.73. The lowest BCUT2D eigenvalue weighted by Gasteiger charge is -2.37. The molecule has 8 heteroatoms. The van der Waals surface area contributed by atoms with Crippen molar-refractivity contribution in [2.75, 3.05) is 31.9 Å². The number of hydrogen-bond donors (Lipinski definition) is 2. The number of nitrogens with zero attached hydrogens (tertiary/aromatic N) is 2. The van der Waals surface area contributed by atoms with Crippen molar-refractivity contribution in [3.63, 3.8) is 0 Å². The van der Waals surface area contributed by atoms with Crippen LogP contribution in [0, 0.1) is 5.41 Å². The summed E-state index contributed by atoms with van der Waals surface area (Å²) in [4.78, 5) is 19.1. The molecule has 3 rings (SSSR count). The first-order chi connectivity index (χ1) is 9.69. The van der Waals surface area contributed by atoms with E-state index in [4.69, 9.17) is 5.73 Å². The molecule has 0 radical (unpaired) electrons. The van der Waals surface area contributed by atoms with E-state index in [0.717, 1.165) is 39.0 Å². The van der Waals surface area contributed by atoms with Crippen LogP contribution in [0.5, 0.6) is 0 Å². The van der Waals surface area contributed by atoms with Crippen molar-refractivity contribution in [3.8, 4) is 0 Å². The summed E-state index contributed by atoms with van der Waals surface area (Å²) in [6.45, 7) is 3.99. The molecule has 1 aromatic rings. The minimum absolute atomic E-state index is 0. The molecule has 2 aliphatic rings. The summed E-state index contributed by atoms with van der Waals surface area (Å²) in [5, 5.41) is 3.91. The molecule has 5 nitrogen and oxygen atoms in total. The van der Waals surface area contributed by atoms with E-state index in [-0.39, 0.29) is 30.7 Å². The van der Waals surface area contributed by atoms with Crippen LogP contribution in [0.4, 0.5) is 5.13 Å². The molecule has 0 aromatic carbocycles. The quantitative estimate of drug-likeness (QED) is 0.800. The minimum atomic E-state index is 0. The molecule has 0 unspecified atom stereocenters. The van der Waals surface area contributed by atoms with E-state index < -0.39 is 0 Å². The Morgan fingerprint density at radius 3 is 2.59 bits per heavy atom. The van der Waals surface area contributed by atoms with Gasteiger partial charge < -0.3 is 16.0 Å². The van der Waals surface area contributed by atoms with E-state index in [9.17, 15) is 4.79 Å². The smallest absolute Gasteiger partial charge is 0.265 e. The fourth-order valence-electron chi connectivity index (χ4n) is 3.46. The van der Waals surface area contributed by atoms with Gasteiger partial charge in [0.2, 0.25) is 0 Å². The van der Waals surface area contributed by atoms with Gasteiger partial charge in [-0.05, 0) is 50.6 Å². The van der Waals surface area contributed by atoms with Gasteiger partial charge in [0, 0.05) is 13.1 Å². The molecule has 126 valence electrons. The van der Waals surface area contributed by atoms with Gasteiger partial charge in [-0.15, -0.1) is 24.8 Å². The first-order valence-electron chi connectivity index (χ1n) is 7.40. The average Bonchev–Trinajstić information content (AvgIpc) is 2.79. The standard InChI is InChI=1S/C14H22N4OS.2ClH/c15-13-17-10-11(20-13)12(19)18-8-1-2-14(5-9-18)3-6-16-7-4-14;;/h10,16H,1-9H2,(H2,15,17);2*1H. The molecule has 0 bridgehead atoms. The summed E-state index contributed by atoms with van der Waals surface area (Å²) < 4.78 is 0. The number of piperidine rings is 1. The highest BCUT2D eigenvalue weighted by Gasteiger charge is 2.35. The van der Waals surface area contributed by atoms with Crippen molar-refractivity contribution in [3.05, 3.63) is 11.1 Å². The summed E-state index contributed by atoms with van der Waals surface area (Å²) in [6, 6.07) is 0. The third kappa shape index (κ3) is 4.25. The number of nitrogens with one attached hydrogen (secondary N) is 1. The zero-order chi connectivity index (χ0) is 14.0. The predicted molar refractivity (Wildman–Crippen MR) is 95.3 cm³/mol. The van der Waals surface area contributed by atoms with Gasteiger partial charge in [0.1, 0.15) is 4.88 Å². The van der Waals surface area contributed by atoms with Gasteiger partial charge in [-0.2, -0.15) is 0 Å². The Kier molecular flexibility index (Phi) is 7.38. The molecule has 2 fully saturated rings. The van der Waals surface area contributed by atoms with E-state index in [1.807, 2.05) is 4.90 Å². The number of carbonyl (C=O) groups is 1. The van der Waals surface area contributed by atoms with Crippen molar-refractivity contribution in [1.82, 2.24) is 15.2 Å². The number of anilines is 1. The van der Waals surface area contributed by atoms with E-state index in [1.54, 1.807) is 6.20 Å². The number of rotatable bonds is 1. The SMILES string of the molecule is Cl.Cl.Nc1ncc(C(=O)N2CCCC3(CCNCC3)CC2)s1. The minimum Gasteiger partial charge on any atom is -0.375 e. The highest BCUT2D eigenvalue weighted by atomic mass is 35.5. The Labute approximate surface area is 147 Å². The number of nitrogen functional groups attached to an aromatic ring is 1. The fourth-order valence-corrected chi connectivity index (χ4v) is 4.11. The Hall–Kier alpha value is -0.560. The van der Waals surface area contributed by atoms with Crippen molar-refractivity contribution in [2.24, 2.45) is 5.41 Å². The van der Waals surface area contributed by atoms with Crippen LogP contribution in [0.3, 0.4) is 0 Å². The lowest BCUT2D eigenvalue weighted by molar-refractivity contribution is 0.0755. The zero-order valence-electron chi connectivity index (χ0n) is 12.5. The molecule has 1 amide bonds. The second kappa shape index (κ2) is 8.34. The van der Waals surface area contributed by atoms with Crippen LogP contribution in [-0.2, 0) is 0 Å². The van der Waals surface area contributed by atoms with Gasteiger partial charge in [0.15, 0.2) is 5.13 Å². The van der Waals surface area contributed by atoms with Crippen LogP contribution in [0.25, 0.3) is 0 Å².